The van der Waals surface area contributed by atoms with Gasteiger partial charge in [-0.1, -0.05) is 121 Å². The molecule has 56 heavy (non-hydrogen) atoms. The Labute approximate surface area is 327 Å². The number of nitrogens with zero attached hydrogens (tertiary/aromatic N) is 2. The lowest BCUT2D eigenvalue weighted by Crippen LogP contribution is -2.55. The van der Waals surface area contributed by atoms with E-state index in [1.807, 2.05) is 0 Å². The van der Waals surface area contributed by atoms with E-state index in [1.54, 1.807) is 11.1 Å². The van der Waals surface area contributed by atoms with E-state index < -0.39 is 0 Å². The van der Waals surface area contributed by atoms with E-state index in [9.17, 15) is 0 Å². The van der Waals surface area contributed by atoms with Gasteiger partial charge in [-0.15, -0.1) is 0 Å². The van der Waals surface area contributed by atoms with Crippen molar-refractivity contribution in [2.45, 2.75) is 37.5 Å². The second kappa shape index (κ2) is 11.5. The average Bonchev–Trinajstić information content (AvgIpc) is 3.73. The Balaban J connectivity index is 1.11. The van der Waals surface area contributed by atoms with E-state index in [0.29, 0.717) is 11.8 Å². The lowest BCUT2D eigenvalue weighted by Gasteiger charge is -2.61. The van der Waals surface area contributed by atoms with Gasteiger partial charge in [0.1, 0.15) is 0 Å². The van der Waals surface area contributed by atoms with Crippen LogP contribution in [0.4, 0.5) is 17.1 Å². The third-order valence-electron chi connectivity index (χ3n) is 14.7. The highest BCUT2D eigenvalue weighted by Crippen LogP contribution is 2.69. The van der Waals surface area contributed by atoms with E-state index >= 15 is 0 Å². The van der Waals surface area contributed by atoms with Gasteiger partial charge in [0.05, 0.1) is 16.7 Å². The number of fused-ring (bicyclic) bond motifs is 9. The molecule has 0 amide bonds. The van der Waals surface area contributed by atoms with Crippen LogP contribution in [0.2, 0.25) is 0 Å². The van der Waals surface area contributed by atoms with Crippen LogP contribution in [0.5, 0.6) is 0 Å². The highest BCUT2D eigenvalue weighted by molar-refractivity contribution is 6.15. The monoisotopic (exact) mass is 718 g/mol. The van der Waals surface area contributed by atoms with Crippen molar-refractivity contribution in [1.82, 2.24) is 4.57 Å². The van der Waals surface area contributed by atoms with Gasteiger partial charge in [-0.25, -0.2) is 0 Å². The summed E-state index contributed by atoms with van der Waals surface area (Å²) in [5.74, 6) is 3.24. The minimum atomic E-state index is 0.0934. The summed E-state index contributed by atoms with van der Waals surface area (Å²) in [6.45, 7) is 0. The van der Waals surface area contributed by atoms with Crippen molar-refractivity contribution >= 4 is 60.4 Å². The van der Waals surface area contributed by atoms with Crippen LogP contribution in [0.15, 0.2) is 170 Å². The number of hydrogen-bond acceptors (Lipinski definition) is 1. The summed E-state index contributed by atoms with van der Waals surface area (Å²) >= 11 is 0. The van der Waals surface area contributed by atoms with Crippen LogP contribution in [0, 0.1) is 23.7 Å². The maximum absolute atomic E-state index is 2.65. The summed E-state index contributed by atoms with van der Waals surface area (Å²) in [6, 6.07) is 64.4. The molecule has 4 bridgehead atoms. The molecule has 0 saturated heterocycles. The molecule has 4 saturated carbocycles. The van der Waals surface area contributed by atoms with E-state index in [2.05, 4.69) is 179 Å². The molecule has 5 aliphatic carbocycles. The Morgan fingerprint density at radius 1 is 0.429 bits per heavy atom. The topological polar surface area (TPSA) is 8.17 Å². The zero-order valence-corrected chi connectivity index (χ0v) is 31.4. The molecule has 0 atom stereocenters. The SMILES string of the molecule is c1ccc(-n2c3ccccc3c3ccc(N(c4ccc5c(c4)C4(c6ccccc6-5)C5CC6CC(C5)CC4C6)c4cc5ccccc5c5ccccc45)cc32)cc1. The number of hydrogen-bond donors (Lipinski definition) is 0. The van der Waals surface area contributed by atoms with Crippen molar-refractivity contribution in [3.8, 4) is 16.8 Å². The minimum Gasteiger partial charge on any atom is -0.310 e. The summed E-state index contributed by atoms with van der Waals surface area (Å²) in [4.78, 5) is 2.59. The normalized spacial score (nSPS) is 23.1. The Bertz CT molecular complexity index is 3030. The van der Waals surface area contributed by atoms with Gasteiger partial charge >= 0.3 is 0 Å². The Kier molecular flexibility index (Phi) is 6.37. The van der Waals surface area contributed by atoms with E-state index in [1.165, 1.54) is 109 Å². The van der Waals surface area contributed by atoms with Crippen LogP contribution in [0.25, 0.3) is 60.2 Å². The fourth-order valence-electron chi connectivity index (χ4n) is 12.9. The molecule has 1 spiro atoms. The molecule has 1 heterocycles. The van der Waals surface area contributed by atoms with Crippen molar-refractivity contribution in [1.29, 1.82) is 0 Å². The first-order chi connectivity index (χ1) is 27.7. The third kappa shape index (κ3) is 4.12. The van der Waals surface area contributed by atoms with Crippen molar-refractivity contribution in [3.63, 3.8) is 0 Å². The molecular formula is C54H42N2. The molecule has 4 fully saturated rings. The first-order valence-corrected chi connectivity index (χ1v) is 20.8. The zero-order valence-electron chi connectivity index (χ0n) is 31.4. The summed E-state index contributed by atoms with van der Waals surface area (Å²) in [5.41, 5.74) is 13.5. The van der Waals surface area contributed by atoms with Gasteiger partial charge in [-0.05, 0) is 143 Å². The predicted octanol–water partition coefficient (Wildman–Crippen LogP) is 14.3. The Morgan fingerprint density at radius 3 is 1.86 bits per heavy atom. The lowest BCUT2D eigenvalue weighted by molar-refractivity contribution is -0.0399. The van der Waals surface area contributed by atoms with Crippen LogP contribution >= 0.6 is 0 Å². The standard InChI is InChI=1S/C54H42N2/c1-2-13-39(14-3-1)56-51-21-11-9-19-47(51)48-25-23-41(33-53(48)56)55(52-31-36-12-4-5-15-42(36)43-16-6-7-18-46(43)52)40-22-24-45-44-17-8-10-20-49(44)54(50(45)32-40)37-27-34-26-35(29-37)30-38(54)28-34/h1-25,31-35,37-38H,26-30H2. The van der Waals surface area contributed by atoms with Crippen molar-refractivity contribution in [2.24, 2.45) is 23.7 Å². The molecule has 2 heteroatoms. The smallest absolute Gasteiger partial charge is 0.0561 e. The maximum Gasteiger partial charge on any atom is 0.0561 e. The molecular weight excluding hydrogens is 677 g/mol. The third-order valence-corrected chi connectivity index (χ3v) is 14.7. The van der Waals surface area contributed by atoms with E-state index in [4.69, 9.17) is 0 Å². The number of benzene rings is 8. The van der Waals surface area contributed by atoms with E-state index in [-0.39, 0.29) is 5.41 Å². The molecule has 8 aromatic carbocycles. The van der Waals surface area contributed by atoms with Crippen LogP contribution in [-0.4, -0.2) is 4.57 Å². The molecule has 0 radical (unpaired) electrons. The summed E-state index contributed by atoms with van der Waals surface area (Å²) < 4.78 is 2.45. The van der Waals surface area contributed by atoms with Gasteiger partial charge in [0.15, 0.2) is 0 Å². The summed E-state index contributed by atoms with van der Waals surface area (Å²) in [6.07, 6.45) is 6.98. The highest BCUT2D eigenvalue weighted by Gasteiger charge is 2.61. The van der Waals surface area contributed by atoms with Gasteiger partial charge < -0.3 is 9.47 Å². The maximum atomic E-state index is 2.65. The summed E-state index contributed by atoms with van der Waals surface area (Å²) in [5, 5.41) is 7.66. The fraction of sp³-hybridized carbons (Fsp3) is 0.185. The molecule has 14 rings (SSSR count). The predicted molar refractivity (Wildman–Crippen MR) is 234 cm³/mol. The quantitative estimate of drug-likeness (QED) is 0.165. The first-order valence-electron chi connectivity index (χ1n) is 20.8. The number of aromatic nitrogens is 1. The first kappa shape index (κ1) is 31.1. The number of rotatable bonds is 4. The highest BCUT2D eigenvalue weighted by atomic mass is 15.1. The molecule has 9 aromatic rings. The van der Waals surface area contributed by atoms with Crippen LogP contribution < -0.4 is 4.90 Å². The lowest BCUT2D eigenvalue weighted by atomic mass is 9.43. The van der Waals surface area contributed by atoms with Gasteiger partial charge in [-0.3, -0.25) is 0 Å². The number of anilines is 3. The molecule has 5 aliphatic rings. The van der Waals surface area contributed by atoms with Crippen LogP contribution in [0.1, 0.15) is 43.2 Å². The molecule has 1 aromatic heterocycles. The minimum absolute atomic E-state index is 0.0934. The zero-order chi connectivity index (χ0) is 36.5. The largest absolute Gasteiger partial charge is 0.310 e. The summed E-state index contributed by atoms with van der Waals surface area (Å²) in [7, 11) is 0. The van der Waals surface area contributed by atoms with Crippen molar-refractivity contribution in [2.75, 3.05) is 4.90 Å². The van der Waals surface area contributed by atoms with Crippen LogP contribution in [-0.2, 0) is 5.41 Å². The molecule has 0 unspecified atom stereocenters. The van der Waals surface area contributed by atoms with Crippen LogP contribution in [0.3, 0.4) is 0 Å². The van der Waals surface area contributed by atoms with E-state index in [0.717, 1.165) is 11.8 Å². The molecule has 2 nitrogen and oxygen atoms in total. The molecule has 268 valence electrons. The Hall–Kier alpha value is -6.12. The van der Waals surface area contributed by atoms with Gasteiger partial charge in [0.25, 0.3) is 0 Å². The number of para-hydroxylation sites is 2. The van der Waals surface area contributed by atoms with Crippen molar-refractivity contribution < 1.29 is 0 Å². The Morgan fingerprint density at radius 2 is 1.04 bits per heavy atom. The molecule has 0 N–H and O–H groups in total. The second-order valence-electron chi connectivity index (χ2n) is 17.3. The second-order valence-corrected chi connectivity index (χ2v) is 17.3. The van der Waals surface area contributed by atoms with Crippen molar-refractivity contribution in [3.05, 3.63) is 181 Å². The average molecular weight is 719 g/mol. The van der Waals surface area contributed by atoms with Gasteiger partial charge in [0.2, 0.25) is 0 Å². The molecule has 0 aliphatic heterocycles. The van der Waals surface area contributed by atoms with Gasteiger partial charge in [-0.2, -0.15) is 0 Å². The fourth-order valence-corrected chi connectivity index (χ4v) is 12.9. The van der Waals surface area contributed by atoms with Gasteiger partial charge in [0, 0.05) is 38.6 Å².